The lowest BCUT2D eigenvalue weighted by atomic mass is 10.1. The summed E-state index contributed by atoms with van der Waals surface area (Å²) in [4.78, 5) is 21.9. The van der Waals surface area contributed by atoms with Crippen LogP contribution in [0, 0.1) is 6.92 Å². The second-order valence-electron chi connectivity index (χ2n) is 6.80. The van der Waals surface area contributed by atoms with Crippen molar-refractivity contribution in [2.45, 2.75) is 44.7 Å². The Labute approximate surface area is 154 Å². The Hall–Kier alpha value is -1.03. The lowest BCUT2D eigenvalue weighted by molar-refractivity contribution is -0.131. The van der Waals surface area contributed by atoms with E-state index in [1.165, 1.54) is 11.1 Å². The number of likely N-dealkylation sites (N-methyl/N-ethyl adjacent to an activating group) is 2. The summed E-state index contributed by atoms with van der Waals surface area (Å²) in [6.45, 7) is 3.09. The molecular formula is C16H28N4O3S2. The molecule has 0 bridgehead atoms. The molecule has 0 aliphatic carbocycles. The number of likely N-dealkylation sites (tertiary alicyclic amines) is 1. The predicted molar refractivity (Wildman–Crippen MR) is 100 cm³/mol. The summed E-state index contributed by atoms with van der Waals surface area (Å²) in [5.74, 6) is 0.135. The Bertz CT molecular complexity index is 689. The average molecular weight is 389 g/mol. The van der Waals surface area contributed by atoms with Crippen molar-refractivity contribution in [2.24, 2.45) is 0 Å². The summed E-state index contributed by atoms with van der Waals surface area (Å²) in [6.07, 6.45) is 4.30. The first kappa shape index (κ1) is 20.3. The SMILES string of the molecule is Cc1ncsc1CCN(C)C(=O)C[C@H]1CC[C@@H](CNS(C)(=O)=O)N1C. The molecule has 0 radical (unpaired) electrons. The fourth-order valence-electron chi connectivity index (χ4n) is 3.15. The molecule has 0 spiro atoms. The van der Waals surface area contributed by atoms with E-state index < -0.39 is 10.0 Å². The Balaban J connectivity index is 1.78. The van der Waals surface area contributed by atoms with Gasteiger partial charge in [0.1, 0.15) is 0 Å². The highest BCUT2D eigenvalue weighted by Crippen LogP contribution is 2.25. The number of amides is 1. The Morgan fingerprint density at radius 2 is 2.12 bits per heavy atom. The second-order valence-corrected chi connectivity index (χ2v) is 9.57. The number of aryl methyl sites for hydroxylation is 1. The van der Waals surface area contributed by atoms with Crippen molar-refractivity contribution in [3.8, 4) is 0 Å². The molecule has 1 aliphatic rings. The van der Waals surface area contributed by atoms with Gasteiger partial charge in [-0.05, 0) is 26.8 Å². The van der Waals surface area contributed by atoms with E-state index in [9.17, 15) is 13.2 Å². The Kier molecular flexibility index (Phi) is 6.95. The van der Waals surface area contributed by atoms with Crippen LogP contribution < -0.4 is 4.72 Å². The molecule has 2 heterocycles. The monoisotopic (exact) mass is 388 g/mol. The second kappa shape index (κ2) is 8.57. The number of carbonyl (C=O) groups excluding carboxylic acids is 1. The van der Waals surface area contributed by atoms with E-state index in [2.05, 4.69) is 14.6 Å². The normalized spacial score (nSPS) is 21.6. The van der Waals surface area contributed by atoms with E-state index in [4.69, 9.17) is 0 Å². The predicted octanol–water partition coefficient (Wildman–Crippen LogP) is 0.855. The van der Waals surface area contributed by atoms with Gasteiger partial charge in [0.2, 0.25) is 15.9 Å². The van der Waals surface area contributed by atoms with Gasteiger partial charge in [0, 0.05) is 49.9 Å². The third-order valence-electron chi connectivity index (χ3n) is 4.92. The minimum absolute atomic E-state index is 0.135. The summed E-state index contributed by atoms with van der Waals surface area (Å²) in [7, 11) is 0.639. The summed E-state index contributed by atoms with van der Waals surface area (Å²) in [5, 5.41) is 0. The molecule has 2 atom stereocenters. The van der Waals surface area contributed by atoms with Crippen molar-refractivity contribution in [3.05, 3.63) is 16.1 Å². The lowest BCUT2D eigenvalue weighted by Crippen LogP contribution is -2.42. The minimum atomic E-state index is -3.18. The molecule has 1 fully saturated rings. The lowest BCUT2D eigenvalue weighted by Gasteiger charge is -2.27. The van der Waals surface area contributed by atoms with E-state index >= 15 is 0 Å². The number of sulfonamides is 1. The molecule has 25 heavy (non-hydrogen) atoms. The van der Waals surface area contributed by atoms with E-state index in [1.807, 2.05) is 26.5 Å². The zero-order valence-electron chi connectivity index (χ0n) is 15.4. The van der Waals surface area contributed by atoms with E-state index in [-0.39, 0.29) is 18.0 Å². The number of rotatable bonds is 8. The first-order valence-corrected chi connectivity index (χ1v) is 11.2. The van der Waals surface area contributed by atoms with Crippen LogP contribution in [0.4, 0.5) is 0 Å². The molecule has 142 valence electrons. The molecule has 2 rings (SSSR count). The van der Waals surface area contributed by atoms with Crippen LogP contribution in [0.1, 0.15) is 29.8 Å². The largest absolute Gasteiger partial charge is 0.345 e. The highest BCUT2D eigenvalue weighted by Gasteiger charge is 2.32. The van der Waals surface area contributed by atoms with Gasteiger partial charge in [0.05, 0.1) is 17.5 Å². The summed E-state index contributed by atoms with van der Waals surface area (Å²) in [5.41, 5.74) is 2.88. The first-order chi connectivity index (χ1) is 11.7. The van der Waals surface area contributed by atoms with Crippen LogP contribution >= 0.6 is 11.3 Å². The molecule has 7 nitrogen and oxygen atoms in total. The molecule has 0 saturated carbocycles. The van der Waals surface area contributed by atoms with Crippen LogP contribution in [0.5, 0.6) is 0 Å². The number of aromatic nitrogens is 1. The van der Waals surface area contributed by atoms with E-state index in [0.717, 1.165) is 25.0 Å². The van der Waals surface area contributed by atoms with Crippen molar-refractivity contribution in [1.82, 2.24) is 19.5 Å². The van der Waals surface area contributed by atoms with Crippen molar-refractivity contribution < 1.29 is 13.2 Å². The first-order valence-electron chi connectivity index (χ1n) is 8.47. The van der Waals surface area contributed by atoms with Gasteiger partial charge in [-0.2, -0.15) is 0 Å². The Morgan fingerprint density at radius 3 is 2.72 bits per heavy atom. The quantitative estimate of drug-likeness (QED) is 0.714. The number of nitrogens with one attached hydrogen (secondary N) is 1. The van der Waals surface area contributed by atoms with Gasteiger partial charge < -0.3 is 4.90 Å². The summed E-state index contributed by atoms with van der Waals surface area (Å²) >= 11 is 1.63. The molecule has 0 unspecified atom stereocenters. The van der Waals surface area contributed by atoms with Crippen molar-refractivity contribution >= 4 is 27.3 Å². The number of nitrogens with zero attached hydrogens (tertiary/aromatic N) is 3. The maximum absolute atomic E-state index is 12.5. The number of hydrogen-bond donors (Lipinski definition) is 1. The zero-order chi connectivity index (χ0) is 18.6. The van der Waals surface area contributed by atoms with Gasteiger partial charge in [0.15, 0.2) is 0 Å². The van der Waals surface area contributed by atoms with Gasteiger partial charge in [0.25, 0.3) is 0 Å². The van der Waals surface area contributed by atoms with Gasteiger partial charge >= 0.3 is 0 Å². The molecule has 1 N–H and O–H groups in total. The smallest absolute Gasteiger partial charge is 0.223 e. The maximum Gasteiger partial charge on any atom is 0.223 e. The third kappa shape index (κ3) is 6.02. The molecule has 9 heteroatoms. The van der Waals surface area contributed by atoms with Gasteiger partial charge in [-0.3, -0.25) is 9.69 Å². The highest BCUT2D eigenvalue weighted by molar-refractivity contribution is 7.88. The molecule has 1 amide bonds. The summed E-state index contributed by atoms with van der Waals surface area (Å²) in [6, 6.07) is 0.323. The van der Waals surface area contributed by atoms with Crippen LogP contribution in [-0.2, 0) is 21.2 Å². The van der Waals surface area contributed by atoms with Gasteiger partial charge in [-0.15, -0.1) is 11.3 Å². The number of thiazole rings is 1. The third-order valence-corrected chi connectivity index (χ3v) is 6.61. The summed E-state index contributed by atoms with van der Waals surface area (Å²) < 4.78 is 25.0. The molecule has 1 saturated heterocycles. The Morgan fingerprint density at radius 1 is 1.44 bits per heavy atom. The zero-order valence-corrected chi connectivity index (χ0v) is 17.0. The highest BCUT2D eigenvalue weighted by atomic mass is 32.2. The maximum atomic E-state index is 12.5. The van der Waals surface area contributed by atoms with Crippen LogP contribution in [-0.4, -0.2) is 74.6 Å². The molecule has 1 aromatic rings. The van der Waals surface area contributed by atoms with Crippen molar-refractivity contribution in [1.29, 1.82) is 0 Å². The number of carbonyl (C=O) groups is 1. The van der Waals surface area contributed by atoms with Crippen LogP contribution in [0.2, 0.25) is 0 Å². The molecule has 0 aromatic carbocycles. The standard InChI is InChI=1S/C16H28N4O3S2/c1-12-15(24-11-17-12)7-8-19(2)16(21)9-13-5-6-14(20(13)3)10-18-25(4,22)23/h11,13-14,18H,5-10H2,1-4H3/t13-,14+/m1/s1. The fourth-order valence-corrected chi connectivity index (χ4v) is 4.41. The number of hydrogen-bond acceptors (Lipinski definition) is 6. The molecule has 1 aliphatic heterocycles. The fraction of sp³-hybridized carbons (Fsp3) is 0.750. The van der Waals surface area contributed by atoms with Crippen LogP contribution in [0.25, 0.3) is 0 Å². The van der Waals surface area contributed by atoms with Crippen LogP contribution in [0.3, 0.4) is 0 Å². The van der Waals surface area contributed by atoms with Gasteiger partial charge in [-0.25, -0.2) is 18.1 Å². The average Bonchev–Trinajstić information content (AvgIpc) is 3.09. The van der Waals surface area contributed by atoms with Crippen LogP contribution in [0.15, 0.2) is 5.51 Å². The van der Waals surface area contributed by atoms with E-state index in [0.29, 0.717) is 19.5 Å². The topological polar surface area (TPSA) is 82.6 Å². The van der Waals surface area contributed by atoms with E-state index in [1.54, 1.807) is 16.2 Å². The molecule has 1 aromatic heterocycles. The minimum Gasteiger partial charge on any atom is -0.345 e. The van der Waals surface area contributed by atoms with Crippen molar-refractivity contribution in [3.63, 3.8) is 0 Å². The van der Waals surface area contributed by atoms with Crippen molar-refractivity contribution in [2.75, 3.05) is 33.4 Å². The van der Waals surface area contributed by atoms with Gasteiger partial charge in [-0.1, -0.05) is 0 Å². The molecular weight excluding hydrogens is 360 g/mol.